The minimum atomic E-state index is -0.0947. The average molecular weight is 386 g/mol. The molecule has 5 heteroatoms. The van der Waals surface area contributed by atoms with Crippen molar-refractivity contribution in [3.05, 3.63) is 102 Å². The van der Waals surface area contributed by atoms with E-state index in [0.29, 0.717) is 17.3 Å². The maximum atomic E-state index is 12.4. The first-order valence-electron chi connectivity index (χ1n) is 8.88. The molecule has 0 saturated carbocycles. The molecule has 0 bridgehead atoms. The standard InChI is InChI=1S/C23H18N2O2S/c26-22(20-10-8-19(9-11-20)18-4-2-1-3-5-18)25-16-17-6-12-21(13-7-17)27-23-24-14-15-28-23/h1-15H,16H2,(H,25,26). The minimum absolute atomic E-state index is 0.0947. The normalized spacial score (nSPS) is 10.4. The van der Waals surface area contributed by atoms with Crippen LogP contribution < -0.4 is 10.1 Å². The molecule has 1 aromatic heterocycles. The van der Waals surface area contributed by atoms with Crippen LogP contribution in [0, 0.1) is 0 Å². The largest absolute Gasteiger partial charge is 0.431 e. The van der Waals surface area contributed by atoms with Crippen LogP contribution in [-0.2, 0) is 6.54 Å². The second-order valence-electron chi connectivity index (χ2n) is 6.17. The zero-order valence-electron chi connectivity index (χ0n) is 15.0. The van der Waals surface area contributed by atoms with Gasteiger partial charge in [0.1, 0.15) is 5.75 Å². The fraction of sp³-hybridized carbons (Fsp3) is 0.0435. The van der Waals surface area contributed by atoms with Crippen molar-refractivity contribution < 1.29 is 9.53 Å². The molecule has 0 saturated heterocycles. The van der Waals surface area contributed by atoms with Gasteiger partial charge in [-0.3, -0.25) is 4.79 Å². The van der Waals surface area contributed by atoms with Crippen molar-refractivity contribution in [2.75, 3.05) is 0 Å². The SMILES string of the molecule is O=C(NCc1ccc(Oc2nccs2)cc1)c1ccc(-c2ccccc2)cc1. The molecule has 0 unspecified atom stereocenters. The molecule has 4 nitrogen and oxygen atoms in total. The van der Waals surface area contributed by atoms with Crippen molar-refractivity contribution in [2.45, 2.75) is 6.54 Å². The third kappa shape index (κ3) is 4.45. The summed E-state index contributed by atoms with van der Waals surface area (Å²) in [4.78, 5) is 16.5. The highest BCUT2D eigenvalue weighted by atomic mass is 32.1. The molecule has 1 heterocycles. The van der Waals surface area contributed by atoms with E-state index >= 15 is 0 Å². The van der Waals surface area contributed by atoms with Crippen molar-refractivity contribution >= 4 is 17.2 Å². The number of hydrogen-bond donors (Lipinski definition) is 1. The van der Waals surface area contributed by atoms with Crippen molar-refractivity contribution in [2.24, 2.45) is 0 Å². The van der Waals surface area contributed by atoms with Crippen molar-refractivity contribution in [3.63, 3.8) is 0 Å². The van der Waals surface area contributed by atoms with Crippen LogP contribution in [0.5, 0.6) is 10.9 Å². The molecule has 0 aliphatic rings. The van der Waals surface area contributed by atoms with Gasteiger partial charge < -0.3 is 10.1 Å². The fourth-order valence-corrected chi connectivity index (χ4v) is 3.27. The molecule has 1 N–H and O–H groups in total. The Bertz CT molecular complexity index is 1030. The molecule has 1 amide bonds. The molecule has 0 radical (unpaired) electrons. The van der Waals surface area contributed by atoms with E-state index in [2.05, 4.69) is 22.4 Å². The van der Waals surface area contributed by atoms with E-state index in [4.69, 9.17) is 4.74 Å². The molecule has 0 atom stereocenters. The van der Waals surface area contributed by atoms with Gasteiger partial charge in [0, 0.05) is 23.7 Å². The van der Waals surface area contributed by atoms with Crippen molar-refractivity contribution in [1.29, 1.82) is 0 Å². The Kier molecular flexibility index (Phi) is 5.45. The Hall–Kier alpha value is -3.44. The van der Waals surface area contributed by atoms with E-state index in [0.717, 1.165) is 22.4 Å². The average Bonchev–Trinajstić information content (AvgIpc) is 3.27. The number of aromatic nitrogens is 1. The van der Waals surface area contributed by atoms with Gasteiger partial charge in [0.2, 0.25) is 0 Å². The molecule has 28 heavy (non-hydrogen) atoms. The summed E-state index contributed by atoms with van der Waals surface area (Å²) in [5.41, 5.74) is 3.87. The predicted molar refractivity (Wildman–Crippen MR) is 112 cm³/mol. The number of nitrogens with one attached hydrogen (secondary N) is 1. The summed E-state index contributed by atoms with van der Waals surface area (Å²) < 4.78 is 5.64. The van der Waals surface area contributed by atoms with Crippen LogP contribution in [0.1, 0.15) is 15.9 Å². The van der Waals surface area contributed by atoms with Crippen LogP contribution in [0.4, 0.5) is 0 Å². The van der Waals surface area contributed by atoms with E-state index in [1.165, 1.54) is 11.3 Å². The number of amides is 1. The van der Waals surface area contributed by atoms with Crippen LogP contribution in [-0.4, -0.2) is 10.9 Å². The molecule has 0 spiro atoms. The first-order valence-corrected chi connectivity index (χ1v) is 9.76. The lowest BCUT2D eigenvalue weighted by Crippen LogP contribution is -2.22. The number of thiazole rings is 1. The highest BCUT2D eigenvalue weighted by Gasteiger charge is 2.06. The topological polar surface area (TPSA) is 51.2 Å². The molecule has 3 aromatic carbocycles. The number of carbonyl (C=O) groups excluding carboxylic acids is 1. The van der Waals surface area contributed by atoms with Gasteiger partial charge in [0.05, 0.1) is 0 Å². The summed E-state index contributed by atoms with van der Waals surface area (Å²) in [6, 6.07) is 25.3. The van der Waals surface area contributed by atoms with Crippen LogP contribution in [0.3, 0.4) is 0 Å². The first kappa shape index (κ1) is 17.9. The smallest absolute Gasteiger partial charge is 0.278 e. The highest BCUT2D eigenvalue weighted by molar-refractivity contribution is 7.11. The molecule has 0 aliphatic carbocycles. The number of nitrogens with zero attached hydrogens (tertiary/aromatic N) is 1. The molecule has 4 rings (SSSR count). The summed E-state index contributed by atoms with van der Waals surface area (Å²) in [7, 11) is 0. The summed E-state index contributed by atoms with van der Waals surface area (Å²) in [5, 5.41) is 5.43. The number of hydrogen-bond acceptors (Lipinski definition) is 4. The first-order chi connectivity index (χ1) is 13.8. The third-order valence-corrected chi connectivity index (χ3v) is 4.89. The van der Waals surface area contributed by atoms with E-state index in [1.54, 1.807) is 6.20 Å². The van der Waals surface area contributed by atoms with Crippen LogP contribution in [0.15, 0.2) is 90.4 Å². The van der Waals surface area contributed by atoms with Crippen molar-refractivity contribution in [1.82, 2.24) is 10.3 Å². The Morgan fingerprint density at radius 1 is 0.893 bits per heavy atom. The van der Waals surface area contributed by atoms with Gasteiger partial charge in [-0.25, -0.2) is 4.98 Å². The van der Waals surface area contributed by atoms with Crippen LogP contribution in [0.2, 0.25) is 0 Å². The monoisotopic (exact) mass is 386 g/mol. The summed E-state index contributed by atoms with van der Waals surface area (Å²) in [5.74, 6) is 0.629. The van der Waals surface area contributed by atoms with Crippen LogP contribution in [0.25, 0.3) is 11.1 Å². The lowest BCUT2D eigenvalue weighted by atomic mass is 10.0. The Balaban J connectivity index is 1.34. The molecule has 0 fully saturated rings. The maximum Gasteiger partial charge on any atom is 0.278 e. The third-order valence-electron chi connectivity index (χ3n) is 4.25. The minimum Gasteiger partial charge on any atom is -0.431 e. The predicted octanol–water partition coefficient (Wildman–Crippen LogP) is 5.53. The van der Waals surface area contributed by atoms with Gasteiger partial charge in [0.15, 0.2) is 0 Å². The summed E-state index contributed by atoms with van der Waals surface area (Å²) >= 11 is 1.44. The molecule has 0 aliphatic heterocycles. The Morgan fingerprint density at radius 3 is 2.29 bits per heavy atom. The van der Waals surface area contributed by atoms with Crippen LogP contribution >= 0.6 is 11.3 Å². The second kappa shape index (κ2) is 8.50. The van der Waals surface area contributed by atoms with Gasteiger partial charge in [-0.15, -0.1) is 0 Å². The van der Waals surface area contributed by atoms with Gasteiger partial charge in [-0.05, 0) is 41.0 Å². The van der Waals surface area contributed by atoms with E-state index in [1.807, 2.05) is 72.1 Å². The highest BCUT2D eigenvalue weighted by Crippen LogP contribution is 2.23. The molecular weight excluding hydrogens is 368 g/mol. The molecular formula is C23H18N2O2S. The van der Waals surface area contributed by atoms with Gasteiger partial charge in [-0.2, -0.15) is 0 Å². The zero-order valence-corrected chi connectivity index (χ0v) is 15.9. The number of benzene rings is 3. The number of carbonyl (C=O) groups is 1. The quantitative estimate of drug-likeness (QED) is 0.474. The number of rotatable bonds is 6. The van der Waals surface area contributed by atoms with E-state index in [-0.39, 0.29) is 5.91 Å². The lowest BCUT2D eigenvalue weighted by Gasteiger charge is -2.08. The summed E-state index contributed by atoms with van der Waals surface area (Å²) in [6.45, 7) is 0.455. The molecule has 4 aromatic rings. The maximum absolute atomic E-state index is 12.4. The van der Waals surface area contributed by atoms with Gasteiger partial charge in [0.25, 0.3) is 11.1 Å². The fourth-order valence-electron chi connectivity index (χ4n) is 2.77. The van der Waals surface area contributed by atoms with E-state index < -0.39 is 0 Å². The van der Waals surface area contributed by atoms with Gasteiger partial charge in [-0.1, -0.05) is 65.9 Å². The van der Waals surface area contributed by atoms with Gasteiger partial charge >= 0.3 is 0 Å². The van der Waals surface area contributed by atoms with E-state index in [9.17, 15) is 4.79 Å². The lowest BCUT2D eigenvalue weighted by molar-refractivity contribution is 0.0951. The van der Waals surface area contributed by atoms with Crippen molar-refractivity contribution in [3.8, 4) is 22.1 Å². The zero-order chi connectivity index (χ0) is 19.2. The molecule has 138 valence electrons. The number of ether oxygens (including phenoxy) is 1. The Morgan fingerprint density at radius 2 is 1.61 bits per heavy atom. The second-order valence-corrected chi connectivity index (χ2v) is 7.03. The Labute approximate surface area is 167 Å². The summed E-state index contributed by atoms with van der Waals surface area (Å²) in [6.07, 6.45) is 1.70.